The lowest BCUT2D eigenvalue weighted by molar-refractivity contribution is 0.340. The van der Waals surface area contributed by atoms with Crippen LogP contribution in [0.25, 0.3) is 0 Å². The number of hydrogen-bond acceptors (Lipinski definition) is 5. The van der Waals surface area contributed by atoms with E-state index in [1.165, 1.54) is 0 Å². The first-order valence-corrected chi connectivity index (χ1v) is 9.27. The van der Waals surface area contributed by atoms with Crippen LogP contribution in [-0.2, 0) is 0 Å². The van der Waals surface area contributed by atoms with Crippen LogP contribution < -0.4 is 20.7 Å². The molecule has 6 nitrogen and oxygen atoms in total. The van der Waals surface area contributed by atoms with E-state index < -0.39 is 0 Å². The molecule has 1 heterocycles. The molecule has 0 aliphatic carbocycles. The van der Waals surface area contributed by atoms with Crippen LogP contribution in [0.2, 0.25) is 0 Å². The number of aryl methyl sites for hydroxylation is 1. The van der Waals surface area contributed by atoms with Crippen molar-refractivity contribution in [1.82, 2.24) is 15.3 Å². The van der Waals surface area contributed by atoms with Gasteiger partial charge in [0.25, 0.3) is 0 Å². The van der Waals surface area contributed by atoms with Crippen molar-refractivity contribution in [3.8, 4) is 5.75 Å². The van der Waals surface area contributed by atoms with E-state index in [1.807, 2.05) is 44.2 Å². The van der Waals surface area contributed by atoms with Gasteiger partial charge in [-0.25, -0.2) is 4.98 Å². The minimum atomic E-state index is 0.473. The molecule has 0 fully saturated rings. The summed E-state index contributed by atoms with van der Waals surface area (Å²) in [5.41, 5.74) is 1.77. The molecule has 2 rings (SSSR count). The van der Waals surface area contributed by atoms with Crippen LogP contribution in [-0.4, -0.2) is 28.2 Å². The van der Waals surface area contributed by atoms with E-state index in [1.54, 1.807) is 0 Å². The number of benzene rings is 1. The number of ether oxygens (including phenoxy) is 1. The molecule has 7 heteroatoms. The summed E-state index contributed by atoms with van der Waals surface area (Å²) < 4.78 is 5.46. The van der Waals surface area contributed by atoms with Crippen LogP contribution >= 0.6 is 12.2 Å². The van der Waals surface area contributed by atoms with E-state index in [9.17, 15) is 0 Å². The molecule has 0 spiro atoms. The van der Waals surface area contributed by atoms with Gasteiger partial charge in [-0.05, 0) is 62.7 Å². The monoisotopic (exact) mass is 373 g/mol. The van der Waals surface area contributed by atoms with Gasteiger partial charge in [0.15, 0.2) is 5.11 Å². The average Bonchev–Trinajstić information content (AvgIpc) is 2.56. The molecular weight excluding hydrogens is 346 g/mol. The van der Waals surface area contributed by atoms with Crippen molar-refractivity contribution in [2.45, 2.75) is 34.1 Å². The zero-order valence-electron chi connectivity index (χ0n) is 15.8. The van der Waals surface area contributed by atoms with Gasteiger partial charge in [0.2, 0.25) is 5.95 Å². The van der Waals surface area contributed by atoms with Crippen LogP contribution in [0.4, 0.5) is 17.5 Å². The summed E-state index contributed by atoms with van der Waals surface area (Å²) in [7, 11) is 0. The van der Waals surface area contributed by atoms with Crippen molar-refractivity contribution in [2.75, 3.05) is 23.8 Å². The van der Waals surface area contributed by atoms with Crippen molar-refractivity contribution in [3.63, 3.8) is 0 Å². The Morgan fingerprint density at radius 3 is 2.58 bits per heavy atom. The summed E-state index contributed by atoms with van der Waals surface area (Å²) in [4.78, 5) is 8.87. The van der Waals surface area contributed by atoms with E-state index in [2.05, 4.69) is 39.8 Å². The second kappa shape index (κ2) is 9.91. The Hall–Kier alpha value is -2.41. The van der Waals surface area contributed by atoms with Gasteiger partial charge < -0.3 is 20.7 Å². The molecule has 0 aliphatic rings. The largest absolute Gasteiger partial charge is 0.494 e. The number of nitrogens with one attached hydrogen (secondary N) is 3. The minimum absolute atomic E-state index is 0.473. The molecule has 0 bridgehead atoms. The van der Waals surface area contributed by atoms with E-state index in [-0.39, 0.29) is 0 Å². The van der Waals surface area contributed by atoms with Gasteiger partial charge in [-0.3, -0.25) is 0 Å². The summed E-state index contributed by atoms with van der Waals surface area (Å²) in [5, 5.41) is 10.0. The highest BCUT2D eigenvalue weighted by atomic mass is 32.1. The molecule has 1 aromatic carbocycles. The van der Waals surface area contributed by atoms with Gasteiger partial charge >= 0.3 is 0 Å². The van der Waals surface area contributed by atoms with Crippen molar-refractivity contribution in [1.29, 1.82) is 0 Å². The molecular formula is C19H27N5OS. The molecule has 26 heavy (non-hydrogen) atoms. The fourth-order valence-corrected chi connectivity index (χ4v) is 2.45. The predicted molar refractivity (Wildman–Crippen MR) is 111 cm³/mol. The molecule has 1 aromatic heterocycles. The summed E-state index contributed by atoms with van der Waals surface area (Å²) in [6.07, 6.45) is 1.06. The molecule has 0 saturated carbocycles. The lowest BCUT2D eigenvalue weighted by Crippen LogP contribution is -2.30. The number of anilines is 3. The van der Waals surface area contributed by atoms with Gasteiger partial charge in [-0.1, -0.05) is 13.8 Å². The van der Waals surface area contributed by atoms with Crippen LogP contribution in [0.5, 0.6) is 5.75 Å². The second-order valence-electron chi connectivity index (χ2n) is 6.36. The highest BCUT2D eigenvalue weighted by Crippen LogP contribution is 2.20. The first-order chi connectivity index (χ1) is 12.5. The molecule has 0 saturated heterocycles. The maximum absolute atomic E-state index is 5.46. The minimum Gasteiger partial charge on any atom is -0.494 e. The second-order valence-corrected chi connectivity index (χ2v) is 6.77. The number of aromatic nitrogens is 2. The smallest absolute Gasteiger partial charge is 0.231 e. The summed E-state index contributed by atoms with van der Waals surface area (Å²) in [6, 6.07) is 9.64. The first kappa shape index (κ1) is 19.9. The topological polar surface area (TPSA) is 71.1 Å². The standard InChI is InChI=1S/C19H27N5OS/c1-5-25-16-8-6-15(7-9-16)22-17-12-14(4)21-18(23-17)24-19(26)20-11-10-13(2)3/h6-9,12-13H,5,10-11H2,1-4H3,(H3,20,21,22,23,24,26). The Morgan fingerprint density at radius 1 is 1.19 bits per heavy atom. The van der Waals surface area contributed by atoms with E-state index in [4.69, 9.17) is 17.0 Å². The zero-order chi connectivity index (χ0) is 18.9. The van der Waals surface area contributed by atoms with E-state index >= 15 is 0 Å². The highest BCUT2D eigenvalue weighted by Gasteiger charge is 2.05. The molecule has 0 atom stereocenters. The average molecular weight is 374 g/mol. The van der Waals surface area contributed by atoms with Gasteiger partial charge in [0.1, 0.15) is 11.6 Å². The first-order valence-electron chi connectivity index (χ1n) is 8.86. The summed E-state index contributed by atoms with van der Waals surface area (Å²) in [6.45, 7) is 9.73. The molecule has 2 aromatic rings. The zero-order valence-corrected chi connectivity index (χ0v) is 16.6. The third-order valence-electron chi connectivity index (χ3n) is 3.52. The molecule has 0 amide bonds. The summed E-state index contributed by atoms with van der Waals surface area (Å²) in [5.74, 6) is 2.65. The van der Waals surface area contributed by atoms with Crippen LogP contribution in [0.15, 0.2) is 30.3 Å². The highest BCUT2D eigenvalue weighted by molar-refractivity contribution is 7.80. The third kappa shape index (κ3) is 6.84. The Morgan fingerprint density at radius 2 is 1.92 bits per heavy atom. The van der Waals surface area contributed by atoms with Crippen LogP contribution in [0, 0.1) is 12.8 Å². The van der Waals surface area contributed by atoms with Crippen LogP contribution in [0.3, 0.4) is 0 Å². The van der Waals surface area contributed by atoms with Crippen LogP contribution in [0.1, 0.15) is 32.9 Å². The normalized spacial score (nSPS) is 10.5. The maximum Gasteiger partial charge on any atom is 0.231 e. The molecule has 3 N–H and O–H groups in total. The Labute approximate surface area is 160 Å². The van der Waals surface area contributed by atoms with E-state index in [0.717, 1.165) is 30.1 Å². The van der Waals surface area contributed by atoms with Gasteiger partial charge in [0.05, 0.1) is 6.61 Å². The third-order valence-corrected chi connectivity index (χ3v) is 3.77. The van der Waals surface area contributed by atoms with Crippen molar-refractivity contribution in [3.05, 3.63) is 36.0 Å². The lowest BCUT2D eigenvalue weighted by Gasteiger charge is -2.12. The molecule has 0 unspecified atom stereocenters. The number of hydrogen-bond donors (Lipinski definition) is 3. The van der Waals surface area contributed by atoms with Gasteiger partial charge in [-0.15, -0.1) is 0 Å². The number of rotatable bonds is 8. The number of thiocarbonyl (C=S) groups is 1. The maximum atomic E-state index is 5.46. The van der Waals surface area contributed by atoms with Gasteiger partial charge in [0, 0.05) is 24.0 Å². The molecule has 0 radical (unpaired) electrons. The van der Waals surface area contributed by atoms with E-state index in [0.29, 0.717) is 29.4 Å². The fraction of sp³-hybridized carbons (Fsp3) is 0.421. The molecule has 0 aliphatic heterocycles. The predicted octanol–water partition coefficient (Wildman–Crippen LogP) is 4.26. The Bertz CT molecular complexity index is 718. The van der Waals surface area contributed by atoms with Crippen molar-refractivity contribution < 1.29 is 4.74 Å². The Balaban J connectivity index is 1.98. The Kier molecular flexibility index (Phi) is 7.59. The van der Waals surface area contributed by atoms with Crippen molar-refractivity contribution >= 4 is 34.8 Å². The lowest BCUT2D eigenvalue weighted by atomic mass is 10.1. The van der Waals surface area contributed by atoms with Crippen molar-refractivity contribution in [2.24, 2.45) is 5.92 Å². The van der Waals surface area contributed by atoms with Gasteiger partial charge in [-0.2, -0.15) is 4.98 Å². The SMILES string of the molecule is CCOc1ccc(Nc2cc(C)nc(NC(=S)NCCC(C)C)n2)cc1. The quantitative estimate of drug-likeness (QED) is 0.597. The number of nitrogens with zero attached hydrogens (tertiary/aromatic N) is 2. The molecule has 140 valence electrons. The fourth-order valence-electron chi connectivity index (χ4n) is 2.26. The summed E-state index contributed by atoms with van der Waals surface area (Å²) >= 11 is 5.31.